The van der Waals surface area contributed by atoms with Gasteiger partial charge in [-0.3, -0.25) is 14.7 Å². The molecule has 2 saturated heterocycles. The van der Waals surface area contributed by atoms with Crippen molar-refractivity contribution in [2.45, 2.75) is 85.0 Å². The number of alkyl halides is 3. The predicted molar refractivity (Wildman–Crippen MR) is 171 cm³/mol. The fraction of sp³-hybridized carbons (Fsp3) is 0.636. The van der Waals surface area contributed by atoms with Crippen molar-refractivity contribution in [3.05, 3.63) is 41.2 Å². The molecule has 2 atom stereocenters. The number of hydrogen-bond donors (Lipinski definition) is 3. The number of phenolic OH excluding ortho intramolecular Hbond substituents is 3. The largest absolute Gasteiger partial charge is 0.507 e. The summed E-state index contributed by atoms with van der Waals surface area (Å²) in [4.78, 5) is 20.3. The number of aliphatic imine (C=N–C) groups is 1. The lowest BCUT2D eigenvalue weighted by molar-refractivity contribution is -0.129. The molecule has 0 saturated carbocycles. The van der Waals surface area contributed by atoms with Crippen molar-refractivity contribution in [2.75, 3.05) is 46.4 Å². The first-order valence-electron chi connectivity index (χ1n) is 15.6. The van der Waals surface area contributed by atoms with Crippen LogP contribution in [0.5, 0.6) is 17.2 Å². The van der Waals surface area contributed by atoms with Crippen LogP contribution in [0.3, 0.4) is 0 Å². The molecule has 0 radical (unpaired) electrons. The van der Waals surface area contributed by atoms with Crippen LogP contribution in [0.4, 0.5) is 13.2 Å². The summed E-state index contributed by atoms with van der Waals surface area (Å²) in [7, 11) is 2.04. The zero-order valence-corrected chi connectivity index (χ0v) is 27.7. The first kappa shape index (κ1) is 37.9. The fourth-order valence-electron chi connectivity index (χ4n) is 6.10. The average Bonchev–Trinajstić information content (AvgIpc) is 3.00. The fourth-order valence-corrected chi connectivity index (χ4v) is 6.10. The third-order valence-corrected chi connectivity index (χ3v) is 9.18. The Morgan fingerprint density at radius 1 is 1.11 bits per heavy atom. The molecular weight excluding hydrogens is 589 g/mol. The molecule has 12 heteroatoms. The summed E-state index contributed by atoms with van der Waals surface area (Å²) in [6.07, 6.45) is 1.12. The molecule has 4 rings (SSSR count). The van der Waals surface area contributed by atoms with E-state index < -0.39 is 11.9 Å². The average molecular weight is 641 g/mol. The number of allylic oxidation sites excluding steroid dienone is 2. The Hall–Kier alpha value is -3.25. The summed E-state index contributed by atoms with van der Waals surface area (Å²) in [5, 5.41) is 30.6. The van der Waals surface area contributed by atoms with E-state index in [-0.39, 0.29) is 22.8 Å². The van der Waals surface area contributed by atoms with Gasteiger partial charge in [-0.05, 0) is 85.5 Å². The van der Waals surface area contributed by atoms with E-state index in [1.54, 1.807) is 13.8 Å². The molecule has 254 valence electrons. The van der Waals surface area contributed by atoms with E-state index in [0.717, 1.165) is 69.3 Å². The van der Waals surface area contributed by atoms with E-state index in [1.165, 1.54) is 6.20 Å². The number of carbonyl (C=O) groups excluding carboxylic acids is 1. The number of hydrogen-bond acceptors (Lipinski definition) is 9. The summed E-state index contributed by atoms with van der Waals surface area (Å²) in [5.74, 6) is 0.310. The van der Waals surface area contributed by atoms with E-state index in [4.69, 9.17) is 4.74 Å². The number of carbonyl (C=O) groups is 1. The number of piperidine rings is 1. The predicted octanol–water partition coefficient (Wildman–Crippen LogP) is 5.86. The molecule has 9 nitrogen and oxygen atoms in total. The van der Waals surface area contributed by atoms with Gasteiger partial charge in [-0.2, -0.15) is 13.2 Å². The van der Waals surface area contributed by atoms with Crippen LogP contribution in [-0.4, -0.2) is 101 Å². The SMILES string of the molecule is C=CC(=N/C=C(\C)N1CCN(C)C(C)C1)C(F)(F)F.CC.Cc1c(O)c(O)c2c(c1O)CC2(C)N1CCC(CCOC=O)CC1. The second kappa shape index (κ2) is 16.4. The zero-order chi connectivity index (χ0) is 34.1. The van der Waals surface area contributed by atoms with Crippen molar-refractivity contribution in [3.63, 3.8) is 0 Å². The highest BCUT2D eigenvalue weighted by Gasteiger charge is 2.49. The number of likely N-dealkylation sites (tertiary alicyclic amines) is 1. The molecule has 0 bridgehead atoms. The van der Waals surface area contributed by atoms with Crippen molar-refractivity contribution in [3.8, 4) is 17.2 Å². The van der Waals surface area contributed by atoms with E-state index in [9.17, 15) is 33.3 Å². The van der Waals surface area contributed by atoms with Gasteiger partial charge in [0.1, 0.15) is 11.5 Å². The van der Waals surface area contributed by atoms with E-state index in [0.29, 0.717) is 42.6 Å². The molecule has 2 unspecified atom stereocenters. The molecule has 2 aliphatic heterocycles. The smallest absolute Gasteiger partial charge is 0.433 e. The second-order valence-electron chi connectivity index (χ2n) is 11.9. The highest BCUT2D eigenvalue weighted by atomic mass is 19.4. The quantitative estimate of drug-likeness (QED) is 0.107. The Morgan fingerprint density at radius 3 is 2.27 bits per heavy atom. The van der Waals surface area contributed by atoms with Crippen molar-refractivity contribution >= 4 is 12.2 Å². The monoisotopic (exact) mass is 640 g/mol. The van der Waals surface area contributed by atoms with Gasteiger partial charge >= 0.3 is 6.18 Å². The number of benzene rings is 1. The minimum atomic E-state index is -4.45. The summed E-state index contributed by atoms with van der Waals surface area (Å²) >= 11 is 0. The molecule has 0 aromatic heterocycles. The molecule has 2 fully saturated rings. The number of fused-ring (bicyclic) bond motifs is 1. The van der Waals surface area contributed by atoms with Gasteiger partial charge < -0.3 is 29.9 Å². The molecule has 1 aliphatic carbocycles. The van der Waals surface area contributed by atoms with E-state index in [2.05, 4.69) is 35.2 Å². The van der Waals surface area contributed by atoms with Crippen molar-refractivity contribution in [1.82, 2.24) is 14.7 Å². The van der Waals surface area contributed by atoms with Crippen LogP contribution in [0.25, 0.3) is 0 Å². The Bertz CT molecular complexity index is 1200. The van der Waals surface area contributed by atoms with Crippen LogP contribution in [0.15, 0.2) is 29.5 Å². The van der Waals surface area contributed by atoms with Crippen LogP contribution >= 0.6 is 0 Å². The first-order valence-corrected chi connectivity index (χ1v) is 15.6. The zero-order valence-electron chi connectivity index (χ0n) is 27.7. The van der Waals surface area contributed by atoms with Crippen LogP contribution in [0.2, 0.25) is 0 Å². The number of rotatable bonds is 8. The lowest BCUT2D eigenvalue weighted by atomic mass is 9.68. The second-order valence-corrected chi connectivity index (χ2v) is 11.9. The van der Waals surface area contributed by atoms with Gasteiger partial charge in [-0.1, -0.05) is 20.4 Å². The van der Waals surface area contributed by atoms with Gasteiger partial charge in [-0.15, -0.1) is 0 Å². The van der Waals surface area contributed by atoms with Crippen molar-refractivity contribution < 1.29 is 38.0 Å². The highest BCUT2D eigenvalue weighted by Crippen LogP contribution is 2.56. The molecular formula is C33H51F3N4O5. The van der Waals surface area contributed by atoms with Gasteiger partial charge in [0.25, 0.3) is 6.47 Å². The summed E-state index contributed by atoms with van der Waals surface area (Å²) in [6, 6.07) is 0.377. The Balaban J connectivity index is 0.000000305. The number of likely N-dealkylation sites (N-methyl/N-ethyl adjacent to an activating group) is 1. The number of piperazine rings is 1. The maximum Gasteiger partial charge on any atom is 0.433 e. The maximum atomic E-state index is 12.5. The topological polar surface area (TPSA) is 109 Å². The Morgan fingerprint density at radius 2 is 1.73 bits per heavy atom. The Labute approximate surface area is 265 Å². The molecule has 2 heterocycles. The van der Waals surface area contributed by atoms with Gasteiger partial charge in [-0.25, -0.2) is 0 Å². The standard InChI is InChI=1S/C18H25NO5.C13H20F3N3.C2H6/c1-11-15(21)13-9-18(2,14(13)17(23)16(11)22)19-6-3-12(4-7-19)5-8-24-10-20;1-5-12(13(14,15)16)17-8-10(2)19-7-6-18(4)11(3)9-19;1-2/h10,12,21-23H,3-9H2,1-2H3;5,8,11H,1,6-7,9H2,2-4H3;1-2H3/b;10-8+,17-12?;. The summed E-state index contributed by atoms with van der Waals surface area (Å²) in [6.45, 7) is 19.9. The molecule has 3 N–H and O–H groups in total. The number of phenols is 3. The highest BCUT2D eigenvalue weighted by molar-refractivity contribution is 5.99. The van der Waals surface area contributed by atoms with Gasteiger partial charge in [0.15, 0.2) is 11.5 Å². The van der Waals surface area contributed by atoms with Gasteiger partial charge in [0, 0.05) is 54.3 Å². The molecule has 1 aromatic rings. The van der Waals surface area contributed by atoms with E-state index >= 15 is 0 Å². The lowest BCUT2D eigenvalue weighted by Crippen LogP contribution is -2.54. The lowest BCUT2D eigenvalue weighted by Gasteiger charge is -2.52. The Kier molecular flexibility index (Phi) is 13.8. The van der Waals surface area contributed by atoms with Gasteiger partial charge in [0.05, 0.1) is 12.1 Å². The molecule has 45 heavy (non-hydrogen) atoms. The van der Waals surface area contributed by atoms with Gasteiger partial charge in [0.2, 0.25) is 0 Å². The van der Waals surface area contributed by atoms with E-state index in [1.807, 2.05) is 25.8 Å². The molecule has 1 aromatic carbocycles. The van der Waals surface area contributed by atoms with Crippen molar-refractivity contribution in [2.24, 2.45) is 10.9 Å². The van der Waals surface area contributed by atoms with Crippen LogP contribution in [0, 0.1) is 12.8 Å². The first-order chi connectivity index (χ1) is 21.1. The third-order valence-electron chi connectivity index (χ3n) is 9.18. The third kappa shape index (κ3) is 8.94. The number of halogens is 3. The maximum absolute atomic E-state index is 12.5. The van der Waals surface area contributed by atoms with Crippen LogP contribution in [0.1, 0.15) is 70.6 Å². The molecule has 0 spiro atoms. The number of ether oxygens (including phenoxy) is 1. The minimum Gasteiger partial charge on any atom is -0.507 e. The van der Waals surface area contributed by atoms with Crippen LogP contribution in [-0.2, 0) is 21.5 Å². The minimum absolute atomic E-state index is 0.0960. The number of aromatic hydroxyl groups is 3. The summed E-state index contributed by atoms with van der Waals surface area (Å²) in [5.41, 5.74) is 1.16. The van der Waals surface area contributed by atoms with Crippen LogP contribution < -0.4 is 0 Å². The molecule has 3 aliphatic rings. The molecule has 0 amide bonds. The summed E-state index contributed by atoms with van der Waals surface area (Å²) < 4.78 is 42.2. The normalized spacial score (nSPS) is 23.1. The number of nitrogens with zero attached hydrogens (tertiary/aromatic N) is 4. The van der Waals surface area contributed by atoms with Crippen molar-refractivity contribution in [1.29, 1.82) is 0 Å².